The van der Waals surface area contributed by atoms with Gasteiger partial charge in [0.15, 0.2) is 11.6 Å². The Labute approximate surface area is 132 Å². The van der Waals surface area contributed by atoms with Crippen LogP contribution in [0.15, 0.2) is 24.4 Å². The normalized spacial score (nSPS) is 15.4. The van der Waals surface area contributed by atoms with Crippen LogP contribution in [0.2, 0.25) is 0 Å². The number of nitrogens with zero attached hydrogens (tertiary/aromatic N) is 4. The zero-order valence-electron chi connectivity index (χ0n) is 12.3. The van der Waals surface area contributed by atoms with Gasteiger partial charge in [-0.25, -0.2) is 4.39 Å². The van der Waals surface area contributed by atoms with Crippen molar-refractivity contribution in [3.63, 3.8) is 0 Å². The van der Waals surface area contributed by atoms with Crippen LogP contribution in [0, 0.1) is 17.1 Å². The number of aromatic amines is 1. The molecule has 3 rings (SSSR count). The molecular weight excluding hydrogens is 299 g/mol. The number of ether oxygens (including phenoxy) is 1. The smallest absolute Gasteiger partial charge is 0.216 e. The highest BCUT2D eigenvalue weighted by Gasteiger charge is 2.20. The van der Waals surface area contributed by atoms with Crippen molar-refractivity contribution in [1.29, 1.82) is 5.26 Å². The van der Waals surface area contributed by atoms with Gasteiger partial charge in [0.05, 0.1) is 11.8 Å². The Balaban J connectivity index is 1.82. The van der Waals surface area contributed by atoms with Gasteiger partial charge >= 0.3 is 0 Å². The van der Waals surface area contributed by atoms with Crippen LogP contribution in [0.3, 0.4) is 0 Å². The molecular formula is C15H15FN6O. The zero-order chi connectivity index (χ0) is 16.1. The Morgan fingerprint density at radius 2 is 2.26 bits per heavy atom. The summed E-state index contributed by atoms with van der Waals surface area (Å²) in [5, 5.41) is 25.2. The van der Waals surface area contributed by atoms with E-state index in [1.807, 2.05) is 6.07 Å². The molecule has 0 radical (unpaired) electrons. The van der Waals surface area contributed by atoms with E-state index < -0.39 is 5.82 Å². The minimum absolute atomic E-state index is 0.0315. The van der Waals surface area contributed by atoms with Crippen LogP contribution in [-0.2, 0) is 0 Å². The third-order valence-corrected chi connectivity index (χ3v) is 3.63. The lowest BCUT2D eigenvalue weighted by molar-refractivity contribution is 0.202. The number of aromatic nitrogens is 4. The van der Waals surface area contributed by atoms with Crippen LogP contribution in [0.4, 0.5) is 10.1 Å². The van der Waals surface area contributed by atoms with Crippen LogP contribution < -0.4 is 10.1 Å². The van der Waals surface area contributed by atoms with Gasteiger partial charge in [-0.3, -0.25) is 0 Å². The number of nitrogens with one attached hydrogen (secondary N) is 2. The van der Waals surface area contributed by atoms with Gasteiger partial charge in [0.25, 0.3) is 0 Å². The highest BCUT2D eigenvalue weighted by molar-refractivity contribution is 5.74. The molecule has 1 fully saturated rings. The number of benzene rings is 1. The predicted molar refractivity (Wildman–Crippen MR) is 80.7 cm³/mol. The molecule has 23 heavy (non-hydrogen) atoms. The van der Waals surface area contributed by atoms with E-state index in [9.17, 15) is 4.39 Å². The van der Waals surface area contributed by atoms with Crippen molar-refractivity contribution < 1.29 is 9.13 Å². The first-order valence-electron chi connectivity index (χ1n) is 7.33. The van der Waals surface area contributed by atoms with Gasteiger partial charge in [0, 0.05) is 6.20 Å². The maximum atomic E-state index is 14.1. The van der Waals surface area contributed by atoms with Gasteiger partial charge in [-0.2, -0.15) is 10.5 Å². The first kappa shape index (κ1) is 15.0. The Bertz CT molecular complexity index is 731. The summed E-state index contributed by atoms with van der Waals surface area (Å²) in [4.78, 5) is 0. The lowest BCUT2D eigenvalue weighted by Crippen LogP contribution is -2.13. The summed E-state index contributed by atoms with van der Waals surface area (Å²) in [6.45, 7) is 0. The van der Waals surface area contributed by atoms with E-state index in [0.29, 0.717) is 5.69 Å². The van der Waals surface area contributed by atoms with Gasteiger partial charge in [-0.05, 0) is 43.0 Å². The average molecular weight is 314 g/mol. The molecule has 1 heterocycles. The summed E-state index contributed by atoms with van der Waals surface area (Å²) in [6, 6.07) is 6.58. The van der Waals surface area contributed by atoms with Crippen LogP contribution in [0.1, 0.15) is 31.5 Å². The highest BCUT2D eigenvalue weighted by atomic mass is 19.1. The Morgan fingerprint density at radius 1 is 1.43 bits per heavy atom. The summed E-state index contributed by atoms with van der Waals surface area (Å²) >= 11 is 0. The molecule has 0 bridgehead atoms. The van der Waals surface area contributed by atoms with Crippen molar-refractivity contribution in [2.24, 2.45) is 0 Å². The van der Waals surface area contributed by atoms with E-state index in [-0.39, 0.29) is 23.3 Å². The second kappa shape index (κ2) is 6.87. The summed E-state index contributed by atoms with van der Waals surface area (Å²) in [5.41, 5.74) is 0.628. The molecule has 0 spiro atoms. The third kappa shape index (κ3) is 3.45. The summed E-state index contributed by atoms with van der Waals surface area (Å²) in [5.74, 6) is -0.107. The fraction of sp³-hybridized carbons (Fsp3) is 0.333. The number of hydrogen-bond acceptors (Lipinski definition) is 6. The fourth-order valence-electron chi connectivity index (χ4n) is 2.49. The Kier molecular flexibility index (Phi) is 4.47. The molecule has 0 atom stereocenters. The molecule has 118 valence electrons. The number of nitriles is 1. The predicted octanol–water partition coefficient (Wildman–Crippen LogP) is 2.64. The van der Waals surface area contributed by atoms with Gasteiger partial charge in [0.2, 0.25) is 5.82 Å². The van der Waals surface area contributed by atoms with Crippen molar-refractivity contribution in [3.8, 4) is 11.8 Å². The lowest BCUT2D eigenvalue weighted by Gasteiger charge is -2.17. The molecule has 1 aliphatic rings. The van der Waals surface area contributed by atoms with Crippen LogP contribution in [0.5, 0.6) is 5.75 Å². The van der Waals surface area contributed by atoms with E-state index in [2.05, 4.69) is 25.9 Å². The van der Waals surface area contributed by atoms with E-state index in [1.165, 1.54) is 12.3 Å². The SMILES string of the molecule is N#CC(=CNc1cccc(F)c1OC1CCCC1)c1nn[nH]n1. The summed E-state index contributed by atoms with van der Waals surface area (Å²) < 4.78 is 19.9. The van der Waals surface area contributed by atoms with Crippen molar-refractivity contribution in [1.82, 2.24) is 20.6 Å². The van der Waals surface area contributed by atoms with Gasteiger partial charge < -0.3 is 10.1 Å². The molecule has 0 saturated heterocycles. The number of allylic oxidation sites excluding steroid dienone is 1. The largest absolute Gasteiger partial charge is 0.485 e. The van der Waals surface area contributed by atoms with Gasteiger partial charge in [-0.15, -0.1) is 10.2 Å². The quantitative estimate of drug-likeness (QED) is 0.823. The minimum atomic E-state index is -0.437. The molecule has 0 aliphatic heterocycles. The second-order valence-corrected chi connectivity index (χ2v) is 5.19. The monoisotopic (exact) mass is 314 g/mol. The number of hydrogen-bond donors (Lipinski definition) is 2. The first-order valence-corrected chi connectivity index (χ1v) is 7.33. The van der Waals surface area contributed by atoms with Crippen molar-refractivity contribution in [2.45, 2.75) is 31.8 Å². The molecule has 1 saturated carbocycles. The van der Waals surface area contributed by atoms with Crippen LogP contribution in [-0.4, -0.2) is 26.7 Å². The van der Waals surface area contributed by atoms with E-state index in [0.717, 1.165) is 25.7 Å². The molecule has 7 nitrogen and oxygen atoms in total. The third-order valence-electron chi connectivity index (χ3n) is 3.63. The summed E-state index contributed by atoms with van der Waals surface area (Å²) in [6.07, 6.45) is 5.48. The maximum absolute atomic E-state index is 14.1. The number of tetrazole rings is 1. The number of halogens is 1. The Morgan fingerprint density at radius 3 is 2.96 bits per heavy atom. The van der Waals surface area contributed by atoms with E-state index >= 15 is 0 Å². The van der Waals surface area contributed by atoms with Crippen molar-refractivity contribution >= 4 is 11.3 Å². The van der Waals surface area contributed by atoms with Gasteiger partial charge in [0.1, 0.15) is 11.6 Å². The second-order valence-electron chi connectivity index (χ2n) is 5.19. The van der Waals surface area contributed by atoms with E-state index in [1.54, 1.807) is 12.1 Å². The van der Waals surface area contributed by atoms with Crippen molar-refractivity contribution in [3.05, 3.63) is 36.0 Å². The molecule has 0 amide bonds. The fourth-order valence-corrected chi connectivity index (χ4v) is 2.49. The molecule has 2 N–H and O–H groups in total. The number of anilines is 1. The van der Waals surface area contributed by atoms with E-state index in [4.69, 9.17) is 10.00 Å². The van der Waals surface area contributed by atoms with Gasteiger partial charge in [-0.1, -0.05) is 6.07 Å². The van der Waals surface area contributed by atoms with Crippen LogP contribution in [0.25, 0.3) is 5.57 Å². The van der Waals surface area contributed by atoms with Crippen molar-refractivity contribution in [2.75, 3.05) is 5.32 Å². The summed E-state index contributed by atoms with van der Waals surface area (Å²) in [7, 11) is 0. The molecule has 1 aromatic heterocycles. The number of para-hydroxylation sites is 1. The topological polar surface area (TPSA) is 99.5 Å². The molecule has 0 unspecified atom stereocenters. The minimum Gasteiger partial charge on any atom is -0.485 e. The number of H-pyrrole nitrogens is 1. The standard InChI is InChI=1S/C15H15FN6O/c16-12-6-3-7-13(14(12)23-11-4-1-2-5-11)18-9-10(8-17)15-19-21-22-20-15/h3,6-7,9,11,18H,1-2,4-5H2,(H,19,20,21,22). The highest BCUT2D eigenvalue weighted by Crippen LogP contribution is 2.32. The zero-order valence-corrected chi connectivity index (χ0v) is 12.3. The lowest BCUT2D eigenvalue weighted by atomic mass is 10.2. The molecule has 1 aromatic carbocycles. The Hall–Kier alpha value is -2.95. The average Bonchev–Trinajstić information content (AvgIpc) is 3.24. The maximum Gasteiger partial charge on any atom is 0.216 e. The molecule has 1 aliphatic carbocycles. The van der Waals surface area contributed by atoms with Crippen LogP contribution >= 0.6 is 0 Å². The first-order chi connectivity index (χ1) is 11.3. The number of rotatable bonds is 5. The molecule has 8 heteroatoms. The molecule has 2 aromatic rings.